The summed E-state index contributed by atoms with van der Waals surface area (Å²) in [5.41, 5.74) is 0.277. The van der Waals surface area contributed by atoms with Crippen LogP contribution in [0.15, 0.2) is 24.3 Å². The van der Waals surface area contributed by atoms with E-state index in [1.807, 2.05) is 0 Å². The van der Waals surface area contributed by atoms with Crippen molar-refractivity contribution in [2.24, 2.45) is 0 Å². The van der Waals surface area contributed by atoms with Crippen LogP contribution in [-0.4, -0.2) is 23.7 Å². The molecule has 0 saturated carbocycles. The Morgan fingerprint density at radius 1 is 1.41 bits per heavy atom. The lowest BCUT2D eigenvalue weighted by atomic mass is 9.86. The molecule has 1 fully saturated rings. The third-order valence-electron chi connectivity index (χ3n) is 3.26. The van der Waals surface area contributed by atoms with Gasteiger partial charge in [0.2, 0.25) is 0 Å². The number of hydrogen-bond donors (Lipinski definition) is 2. The zero-order valence-corrected chi connectivity index (χ0v) is 9.53. The maximum Gasteiger partial charge on any atom is 0.312 e. The Morgan fingerprint density at radius 3 is 2.76 bits per heavy atom. The Hall–Kier alpha value is -1.42. The van der Waals surface area contributed by atoms with Crippen LogP contribution in [0.25, 0.3) is 0 Å². The number of piperidine rings is 1. The van der Waals surface area contributed by atoms with Crippen molar-refractivity contribution >= 4 is 5.97 Å². The molecule has 0 spiro atoms. The third-order valence-corrected chi connectivity index (χ3v) is 3.26. The standard InChI is InChI=1S/C13H16FNO2/c14-10-6-2-1-5-9(10)12(13(16)17)11-7-3-4-8-15-11/h1-2,5-6,11-12,15H,3-4,7-8H2,(H,16,17). The van der Waals surface area contributed by atoms with E-state index in [2.05, 4.69) is 5.32 Å². The number of rotatable bonds is 3. The predicted octanol–water partition coefficient (Wildman–Crippen LogP) is 2.14. The van der Waals surface area contributed by atoms with Crippen LogP contribution in [0.2, 0.25) is 0 Å². The predicted molar refractivity (Wildman–Crippen MR) is 62.4 cm³/mol. The maximum atomic E-state index is 13.7. The van der Waals surface area contributed by atoms with Gasteiger partial charge in [0.1, 0.15) is 5.82 Å². The third kappa shape index (κ3) is 2.64. The summed E-state index contributed by atoms with van der Waals surface area (Å²) in [5.74, 6) is -2.20. The summed E-state index contributed by atoms with van der Waals surface area (Å²) in [7, 11) is 0. The van der Waals surface area contributed by atoms with E-state index in [-0.39, 0.29) is 11.6 Å². The van der Waals surface area contributed by atoms with Crippen molar-refractivity contribution in [3.8, 4) is 0 Å². The summed E-state index contributed by atoms with van der Waals surface area (Å²) in [6.45, 7) is 0.808. The molecule has 2 atom stereocenters. The molecular weight excluding hydrogens is 221 g/mol. The van der Waals surface area contributed by atoms with E-state index >= 15 is 0 Å². The summed E-state index contributed by atoms with van der Waals surface area (Å²) in [5, 5.41) is 12.5. The molecule has 17 heavy (non-hydrogen) atoms. The molecule has 0 radical (unpaired) electrons. The van der Waals surface area contributed by atoms with Crippen molar-refractivity contribution < 1.29 is 14.3 Å². The molecule has 1 aliphatic heterocycles. The van der Waals surface area contributed by atoms with Gasteiger partial charge in [-0.3, -0.25) is 4.79 Å². The number of carboxylic acid groups (broad SMARTS) is 1. The van der Waals surface area contributed by atoms with Crippen LogP contribution >= 0.6 is 0 Å². The summed E-state index contributed by atoms with van der Waals surface area (Å²) in [4.78, 5) is 11.3. The number of carboxylic acids is 1. The van der Waals surface area contributed by atoms with Gasteiger partial charge in [0.05, 0.1) is 5.92 Å². The number of hydrogen-bond acceptors (Lipinski definition) is 2. The molecule has 1 aliphatic rings. The molecule has 2 unspecified atom stereocenters. The van der Waals surface area contributed by atoms with Crippen LogP contribution in [0.3, 0.4) is 0 Å². The normalized spacial score (nSPS) is 22.1. The minimum Gasteiger partial charge on any atom is -0.481 e. The molecular formula is C13H16FNO2. The van der Waals surface area contributed by atoms with Crippen molar-refractivity contribution in [3.63, 3.8) is 0 Å². The first kappa shape index (κ1) is 12.0. The van der Waals surface area contributed by atoms with E-state index in [9.17, 15) is 14.3 Å². The van der Waals surface area contributed by atoms with Gasteiger partial charge in [-0.15, -0.1) is 0 Å². The van der Waals surface area contributed by atoms with Crippen molar-refractivity contribution in [1.29, 1.82) is 0 Å². The topological polar surface area (TPSA) is 49.3 Å². The molecule has 1 aromatic rings. The van der Waals surface area contributed by atoms with Gasteiger partial charge >= 0.3 is 5.97 Å². The first-order valence-corrected chi connectivity index (χ1v) is 5.91. The molecule has 0 aliphatic carbocycles. The molecule has 92 valence electrons. The second kappa shape index (κ2) is 5.27. The molecule has 1 heterocycles. The van der Waals surface area contributed by atoms with Gasteiger partial charge in [-0.05, 0) is 25.5 Å². The zero-order chi connectivity index (χ0) is 12.3. The van der Waals surface area contributed by atoms with Gasteiger partial charge in [-0.2, -0.15) is 0 Å². The second-order valence-corrected chi connectivity index (χ2v) is 4.39. The van der Waals surface area contributed by atoms with Crippen molar-refractivity contribution in [3.05, 3.63) is 35.6 Å². The molecule has 4 heteroatoms. The minimum atomic E-state index is -0.963. The Kier molecular flexibility index (Phi) is 3.74. The molecule has 3 nitrogen and oxygen atoms in total. The SMILES string of the molecule is O=C(O)C(c1ccccc1F)C1CCCCN1. The Labute approximate surface area is 99.7 Å². The average Bonchev–Trinajstić information content (AvgIpc) is 2.33. The Balaban J connectivity index is 2.28. The highest BCUT2D eigenvalue weighted by atomic mass is 19.1. The van der Waals surface area contributed by atoms with E-state index in [0.717, 1.165) is 25.8 Å². The highest BCUT2D eigenvalue weighted by Gasteiger charge is 2.32. The van der Waals surface area contributed by atoms with Gasteiger partial charge in [0, 0.05) is 11.6 Å². The Bertz CT molecular complexity index is 402. The largest absolute Gasteiger partial charge is 0.481 e. The van der Waals surface area contributed by atoms with Crippen LogP contribution in [0.4, 0.5) is 4.39 Å². The number of nitrogens with one attached hydrogen (secondary N) is 1. The first-order chi connectivity index (χ1) is 8.20. The highest BCUT2D eigenvalue weighted by molar-refractivity contribution is 5.77. The summed E-state index contributed by atoms with van der Waals surface area (Å²) in [6, 6.07) is 5.96. The fraction of sp³-hybridized carbons (Fsp3) is 0.462. The molecule has 1 aromatic carbocycles. The lowest BCUT2D eigenvalue weighted by molar-refractivity contribution is -0.139. The van der Waals surface area contributed by atoms with Gasteiger partial charge in [-0.1, -0.05) is 24.6 Å². The van der Waals surface area contributed by atoms with Crippen LogP contribution in [0.5, 0.6) is 0 Å². The van der Waals surface area contributed by atoms with E-state index in [0.29, 0.717) is 0 Å². The number of aliphatic carboxylic acids is 1. The van der Waals surface area contributed by atoms with Crippen LogP contribution in [0, 0.1) is 5.82 Å². The number of halogens is 1. The number of carbonyl (C=O) groups is 1. The van der Waals surface area contributed by atoms with Gasteiger partial charge in [0.15, 0.2) is 0 Å². The molecule has 0 bridgehead atoms. The smallest absolute Gasteiger partial charge is 0.312 e. The lowest BCUT2D eigenvalue weighted by Gasteiger charge is -2.29. The van der Waals surface area contributed by atoms with Gasteiger partial charge in [-0.25, -0.2) is 4.39 Å². The van der Waals surface area contributed by atoms with Crippen molar-refractivity contribution in [1.82, 2.24) is 5.32 Å². The monoisotopic (exact) mass is 237 g/mol. The zero-order valence-electron chi connectivity index (χ0n) is 9.53. The van der Waals surface area contributed by atoms with E-state index in [4.69, 9.17) is 0 Å². The molecule has 0 aromatic heterocycles. The summed E-state index contributed by atoms with van der Waals surface area (Å²) < 4.78 is 13.7. The first-order valence-electron chi connectivity index (χ1n) is 5.91. The summed E-state index contributed by atoms with van der Waals surface area (Å²) in [6.07, 6.45) is 2.83. The molecule has 2 N–H and O–H groups in total. The fourth-order valence-corrected chi connectivity index (χ4v) is 2.41. The van der Waals surface area contributed by atoms with Crippen LogP contribution < -0.4 is 5.32 Å². The van der Waals surface area contributed by atoms with E-state index in [1.165, 1.54) is 6.07 Å². The average molecular weight is 237 g/mol. The van der Waals surface area contributed by atoms with Crippen molar-refractivity contribution in [2.45, 2.75) is 31.2 Å². The van der Waals surface area contributed by atoms with Crippen LogP contribution in [0.1, 0.15) is 30.7 Å². The molecule has 0 amide bonds. The summed E-state index contributed by atoms with van der Waals surface area (Å²) >= 11 is 0. The quantitative estimate of drug-likeness (QED) is 0.846. The molecule has 2 rings (SSSR count). The van der Waals surface area contributed by atoms with Crippen molar-refractivity contribution in [2.75, 3.05) is 6.54 Å². The molecule has 1 saturated heterocycles. The Morgan fingerprint density at radius 2 is 2.18 bits per heavy atom. The minimum absolute atomic E-state index is 0.168. The van der Waals surface area contributed by atoms with Gasteiger partial charge in [0.25, 0.3) is 0 Å². The second-order valence-electron chi connectivity index (χ2n) is 4.39. The fourth-order valence-electron chi connectivity index (χ4n) is 2.41. The maximum absolute atomic E-state index is 13.7. The van der Waals surface area contributed by atoms with E-state index < -0.39 is 17.7 Å². The van der Waals surface area contributed by atoms with Crippen LogP contribution in [-0.2, 0) is 4.79 Å². The van der Waals surface area contributed by atoms with Gasteiger partial charge < -0.3 is 10.4 Å². The highest BCUT2D eigenvalue weighted by Crippen LogP contribution is 2.27. The van der Waals surface area contributed by atoms with E-state index in [1.54, 1.807) is 18.2 Å². The number of benzene rings is 1. The lowest BCUT2D eigenvalue weighted by Crippen LogP contribution is -2.42.